The van der Waals surface area contributed by atoms with Gasteiger partial charge in [-0.3, -0.25) is 4.79 Å². The minimum Gasteiger partial charge on any atom is -0.383 e. The zero-order valence-corrected chi connectivity index (χ0v) is 11.4. The van der Waals surface area contributed by atoms with Crippen LogP contribution in [-0.2, 0) is 9.53 Å². The molecule has 1 N–H and O–H groups in total. The monoisotopic (exact) mass is 242 g/mol. The minimum absolute atomic E-state index is 0.166. The Morgan fingerprint density at radius 1 is 1.53 bits per heavy atom. The van der Waals surface area contributed by atoms with E-state index in [1.165, 1.54) is 0 Å². The van der Waals surface area contributed by atoms with Crippen LogP contribution < -0.4 is 5.32 Å². The molecule has 1 atom stereocenters. The maximum Gasteiger partial charge on any atom is 0.227 e. The third-order valence-corrected chi connectivity index (χ3v) is 3.11. The van der Waals surface area contributed by atoms with E-state index in [0.29, 0.717) is 25.0 Å². The van der Waals surface area contributed by atoms with Gasteiger partial charge in [0, 0.05) is 26.7 Å². The Hall–Kier alpha value is -0.610. The van der Waals surface area contributed by atoms with Gasteiger partial charge < -0.3 is 15.0 Å². The van der Waals surface area contributed by atoms with Gasteiger partial charge in [-0.25, -0.2) is 0 Å². The molecule has 1 heterocycles. The number of piperidine rings is 1. The van der Waals surface area contributed by atoms with Crippen molar-refractivity contribution in [3.8, 4) is 0 Å². The lowest BCUT2D eigenvalue weighted by atomic mass is 9.97. The number of hydrogen-bond donors (Lipinski definition) is 1. The molecule has 0 saturated carbocycles. The SMILES string of the molecule is COCCN(CC(C)C)C(=O)[C@@H]1CCCNC1. The molecule has 0 unspecified atom stereocenters. The standard InChI is InChI=1S/C13H26N2O2/c1-11(2)10-15(7-8-17-3)13(16)12-5-4-6-14-9-12/h11-12,14H,4-10H2,1-3H3/t12-/m1/s1. The maximum absolute atomic E-state index is 12.4. The molecule has 4 nitrogen and oxygen atoms in total. The van der Waals surface area contributed by atoms with Crippen LogP contribution in [0.1, 0.15) is 26.7 Å². The number of ether oxygens (including phenoxy) is 1. The molecule has 0 radical (unpaired) electrons. The van der Waals surface area contributed by atoms with Crippen molar-refractivity contribution in [1.82, 2.24) is 10.2 Å². The summed E-state index contributed by atoms with van der Waals surface area (Å²) >= 11 is 0. The summed E-state index contributed by atoms with van der Waals surface area (Å²) in [6, 6.07) is 0. The number of nitrogens with zero attached hydrogens (tertiary/aromatic N) is 1. The second kappa shape index (κ2) is 7.67. The summed E-state index contributed by atoms with van der Waals surface area (Å²) in [7, 11) is 1.68. The first kappa shape index (κ1) is 14.5. The van der Waals surface area contributed by atoms with E-state index in [0.717, 1.165) is 32.5 Å². The van der Waals surface area contributed by atoms with Gasteiger partial charge in [0.05, 0.1) is 12.5 Å². The molecule has 1 rings (SSSR count). The van der Waals surface area contributed by atoms with Crippen LogP contribution in [0.2, 0.25) is 0 Å². The van der Waals surface area contributed by atoms with E-state index >= 15 is 0 Å². The fourth-order valence-electron chi connectivity index (χ4n) is 2.25. The summed E-state index contributed by atoms with van der Waals surface area (Å²) in [4.78, 5) is 14.3. The maximum atomic E-state index is 12.4. The molecule has 0 aromatic carbocycles. The van der Waals surface area contributed by atoms with Gasteiger partial charge in [0.2, 0.25) is 5.91 Å². The predicted molar refractivity (Wildman–Crippen MR) is 68.9 cm³/mol. The number of methoxy groups -OCH3 is 1. The first-order chi connectivity index (χ1) is 8.15. The second-order valence-electron chi connectivity index (χ2n) is 5.21. The molecule has 1 amide bonds. The highest BCUT2D eigenvalue weighted by Crippen LogP contribution is 2.14. The van der Waals surface area contributed by atoms with Gasteiger partial charge in [0.1, 0.15) is 0 Å². The highest BCUT2D eigenvalue weighted by atomic mass is 16.5. The molecule has 0 aromatic rings. The first-order valence-electron chi connectivity index (χ1n) is 6.63. The Balaban J connectivity index is 2.50. The number of nitrogens with one attached hydrogen (secondary N) is 1. The van der Waals surface area contributed by atoms with Crippen molar-refractivity contribution in [2.75, 3.05) is 39.9 Å². The second-order valence-corrected chi connectivity index (χ2v) is 5.21. The Labute approximate surface area is 105 Å². The Morgan fingerprint density at radius 3 is 2.82 bits per heavy atom. The van der Waals surface area contributed by atoms with Crippen LogP contribution in [0.3, 0.4) is 0 Å². The Kier molecular flexibility index (Phi) is 6.52. The third kappa shape index (κ3) is 5.04. The molecular weight excluding hydrogens is 216 g/mol. The van der Waals surface area contributed by atoms with Crippen LogP contribution in [0, 0.1) is 11.8 Å². The topological polar surface area (TPSA) is 41.6 Å². The van der Waals surface area contributed by atoms with Gasteiger partial charge in [-0.05, 0) is 25.3 Å². The summed E-state index contributed by atoms with van der Waals surface area (Å²) in [5, 5.41) is 3.30. The van der Waals surface area contributed by atoms with Crippen LogP contribution in [0.5, 0.6) is 0 Å². The molecule has 0 aliphatic carbocycles. The molecule has 0 bridgehead atoms. The van der Waals surface area contributed by atoms with Crippen LogP contribution in [0.4, 0.5) is 0 Å². The van der Waals surface area contributed by atoms with Gasteiger partial charge in [0.25, 0.3) is 0 Å². The first-order valence-corrected chi connectivity index (χ1v) is 6.63. The van der Waals surface area contributed by atoms with E-state index in [2.05, 4.69) is 19.2 Å². The van der Waals surface area contributed by atoms with Crippen molar-refractivity contribution < 1.29 is 9.53 Å². The van der Waals surface area contributed by atoms with E-state index in [9.17, 15) is 4.79 Å². The van der Waals surface area contributed by atoms with Crippen molar-refractivity contribution in [3.63, 3.8) is 0 Å². The molecule has 1 aliphatic heterocycles. The van der Waals surface area contributed by atoms with Gasteiger partial charge in [0.15, 0.2) is 0 Å². The van der Waals surface area contributed by atoms with E-state index in [1.54, 1.807) is 7.11 Å². The number of rotatable bonds is 6. The minimum atomic E-state index is 0.166. The van der Waals surface area contributed by atoms with E-state index in [1.807, 2.05) is 4.90 Å². The van der Waals surface area contributed by atoms with Crippen molar-refractivity contribution >= 4 is 5.91 Å². The van der Waals surface area contributed by atoms with Crippen molar-refractivity contribution in [2.24, 2.45) is 11.8 Å². The zero-order valence-electron chi connectivity index (χ0n) is 11.4. The van der Waals surface area contributed by atoms with Crippen molar-refractivity contribution in [1.29, 1.82) is 0 Å². The highest BCUT2D eigenvalue weighted by molar-refractivity contribution is 5.79. The van der Waals surface area contributed by atoms with Gasteiger partial charge in [-0.15, -0.1) is 0 Å². The quantitative estimate of drug-likeness (QED) is 0.759. The van der Waals surface area contributed by atoms with Crippen molar-refractivity contribution in [3.05, 3.63) is 0 Å². The predicted octanol–water partition coefficient (Wildman–Crippen LogP) is 1.12. The average Bonchev–Trinajstić information content (AvgIpc) is 2.34. The summed E-state index contributed by atoms with van der Waals surface area (Å²) < 4.78 is 5.08. The van der Waals surface area contributed by atoms with Crippen LogP contribution >= 0.6 is 0 Å². The summed E-state index contributed by atoms with van der Waals surface area (Å²) in [5.74, 6) is 0.967. The lowest BCUT2D eigenvalue weighted by molar-refractivity contribution is -0.137. The number of amides is 1. The molecule has 17 heavy (non-hydrogen) atoms. The summed E-state index contributed by atoms with van der Waals surface area (Å²) in [5.41, 5.74) is 0. The van der Waals surface area contributed by atoms with Crippen LogP contribution in [0.15, 0.2) is 0 Å². The molecule has 100 valence electrons. The smallest absolute Gasteiger partial charge is 0.227 e. The molecule has 1 aliphatic rings. The van der Waals surface area contributed by atoms with Gasteiger partial charge in [-0.1, -0.05) is 13.8 Å². The molecule has 0 aromatic heterocycles. The average molecular weight is 242 g/mol. The van der Waals surface area contributed by atoms with E-state index in [4.69, 9.17) is 4.74 Å². The van der Waals surface area contributed by atoms with E-state index in [-0.39, 0.29) is 5.92 Å². The Morgan fingerprint density at radius 2 is 2.29 bits per heavy atom. The molecule has 1 saturated heterocycles. The van der Waals surface area contributed by atoms with Gasteiger partial charge in [-0.2, -0.15) is 0 Å². The third-order valence-electron chi connectivity index (χ3n) is 3.11. The lowest BCUT2D eigenvalue weighted by Crippen LogP contribution is -2.45. The molecule has 1 fully saturated rings. The number of hydrogen-bond acceptors (Lipinski definition) is 3. The number of carbonyl (C=O) groups excluding carboxylic acids is 1. The summed E-state index contributed by atoms with van der Waals surface area (Å²) in [6.45, 7) is 8.34. The Bertz CT molecular complexity index is 225. The molecule has 4 heteroatoms. The zero-order chi connectivity index (χ0) is 12.7. The van der Waals surface area contributed by atoms with Crippen LogP contribution in [0.25, 0.3) is 0 Å². The van der Waals surface area contributed by atoms with Gasteiger partial charge >= 0.3 is 0 Å². The van der Waals surface area contributed by atoms with Crippen molar-refractivity contribution in [2.45, 2.75) is 26.7 Å². The lowest BCUT2D eigenvalue weighted by Gasteiger charge is -2.30. The highest BCUT2D eigenvalue weighted by Gasteiger charge is 2.25. The normalized spacial score (nSPS) is 20.6. The molecule has 0 spiro atoms. The van der Waals surface area contributed by atoms with Crippen LogP contribution in [-0.4, -0.2) is 50.7 Å². The fourth-order valence-corrected chi connectivity index (χ4v) is 2.25. The van der Waals surface area contributed by atoms with E-state index < -0.39 is 0 Å². The molecular formula is C13H26N2O2. The summed E-state index contributed by atoms with van der Waals surface area (Å²) in [6.07, 6.45) is 2.13. The fraction of sp³-hybridized carbons (Fsp3) is 0.923. The number of carbonyl (C=O) groups is 1. The largest absolute Gasteiger partial charge is 0.383 e.